The number of anilines is 2. The van der Waals surface area contributed by atoms with Crippen molar-refractivity contribution < 1.29 is 22.7 Å². The summed E-state index contributed by atoms with van der Waals surface area (Å²) in [4.78, 5) is 28.9. The van der Waals surface area contributed by atoms with E-state index in [0.717, 1.165) is 17.4 Å². The Bertz CT molecular complexity index is 1280. The Balaban J connectivity index is 2.06. The maximum atomic E-state index is 13.1. The quantitative estimate of drug-likeness (QED) is 0.439. The molecule has 1 aliphatic heterocycles. The molecule has 2 amide bonds. The van der Waals surface area contributed by atoms with Gasteiger partial charge in [0.25, 0.3) is 0 Å². The smallest absolute Gasteiger partial charge is 0.410 e. The van der Waals surface area contributed by atoms with Gasteiger partial charge in [0, 0.05) is 19.7 Å². The van der Waals surface area contributed by atoms with Crippen LogP contribution in [0, 0.1) is 0 Å². The first-order valence-electron chi connectivity index (χ1n) is 10.8. The highest BCUT2D eigenvalue weighted by atomic mass is 32.2. The number of benzene rings is 2. The van der Waals surface area contributed by atoms with Gasteiger partial charge < -0.3 is 9.64 Å². The molecule has 0 saturated carbocycles. The second-order valence-electron chi connectivity index (χ2n) is 8.02. The van der Waals surface area contributed by atoms with Gasteiger partial charge in [-0.25, -0.2) is 13.2 Å². The SMILES string of the molecule is C=C/C(=C\C=C\C)OC(=O)N1CC(C)N(C(C)=O)c2ccc(-c3ccc(S(C)(=O)=O)cc3)cc21. The Morgan fingerprint density at radius 1 is 1.09 bits per heavy atom. The zero-order valence-corrected chi connectivity index (χ0v) is 20.5. The molecule has 2 aromatic rings. The third-order valence-corrected chi connectivity index (χ3v) is 6.58. The van der Waals surface area contributed by atoms with Crippen molar-refractivity contribution in [3.63, 3.8) is 0 Å². The lowest BCUT2D eigenvalue weighted by Crippen LogP contribution is -2.51. The van der Waals surface area contributed by atoms with Crippen LogP contribution in [0.25, 0.3) is 11.1 Å². The summed E-state index contributed by atoms with van der Waals surface area (Å²) in [6, 6.07) is 11.7. The van der Waals surface area contributed by atoms with E-state index in [1.165, 1.54) is 17.9 Å². The first kappa shape index (κ1) is 25.0. The minimum absolute atomic E-state index is 0.133. The van der Waals surface area contributed by atoms with Crippen molar-refractivity contribution >= 4 is 33.2 Å². The Labute approximate surface area is 200 Å². The van der Waals surface area contributed by atoms with Crippen LogP contribution in [0.4, 0.5) is 16.2 Å². The number of carbonyl (C=O) groups excluding carboxylic acids is 2. The average molecular weight is 481 g/mol. The van der Waals surface area contributed by atoms with Gasteiger partial charge in [0.1, 0.15) is 5.76 Å². The molecule has 0 fully saturated rings. The maximum Gasteiger partial charge on any atom is 0.419 e. The minimum Gasteiger partial charge on any atom is -0.410 e. The molecule has 7 nitrogen and oxygen atoms in total. The van der Waals surface area contributed by atoms with Gasteiger partial charge in [0.05, 0.1) is 22.3 Å². The third-order valence-electron chi connectivity index (χ3n) is 5.45. The fourth-order valence-electron chi connectivity index (χ4n) is 3.84. The molecule has 0 spiro atoms. The minimum atomic E-state index is -3.31. The fraction of sp³-hybridized carbons (Fsp3) is 0.231. The molecule has 0 aromatic heterocycles. The molecule has 0 N–H and O–H groups in total. The lowest BCUT2D eigenvalue weighted by atomic mass is 10.0. The van der Waals surface area contributed by atoms with Crippen LogP contribution in [-0.2, 0) is 19.4 Å². The average Bonchev–Trinajstić information content (AvgIpc) is 2.80. The molecular weight excluding hydrogens is 452 g/mol. The van der Waals surface area contributed by atoms with E-state index < -0.39 is 15.9 Å². The molecule has 0 saturated heterocycles. The van der Waals surface area contributed by atoms with Crippen molar-refractivity contribution in [2.45, 2.75) is 31.7 Å². The molecular formula is C26H28N2O5S. The van der Waals surface area contributed by atoms with Crippen molar-refractivity contribution in [1.82, 2.24) is 0 Å². The van der Waals surface area contributed by atoms with E-state index in [-0.39, 0.29) is 23.4 Å². The number of sulfone groups is 1. The van der Waals surface area contributed by atoms with Crippen LogP contribution in [0.15, 0.2) is 84.0 Å². The van der Waals surface area contributed by atoms with Crippen LogP contribution in [0.5, 0.6) is 0 Å². The van der Waals surface area contributed by atoms with Gasteiger partial charge in [-0.15, -0.1) is 0 Å². The van der Waals surface area contributed by atoms with E-state index in [1.807, 2.05) is 26.0 Å². The van der Waals surface area contributed by atoms with Crippen LogP contribution in [0.3, 0.4) is 0 Å². The van der Waals surface area contributed by atoms with Crippen LogP contribution in [0.1, 0.15) is 20.8 Å². The number of rotatable bonds is 5. The third kappa shape index (κ3) is 5.28. The van der Waals surface area contributed by atoms with Gasteiger partial charge in [0.2, 0.25) is 5.91 Å². The molecule has 0 aliphatic carbocycles. The number of ether oxygens (including phenoxy) is 1. The van der Waals surface area contributed by atoms with E-state index in [2.05, 4.69) is 6.58 Å². The van der Waals surface area contributed by atoms with E-state index in [0.29, 0.717) is 17.1 Å². The van der Waals surface area contributed by atoms with E-state index in [1.54, 1.807) is 53.5 Å². The normalized spacial score (nSPS) is 16.4. The zero-order chi connectivity index (χ0) is 25.0. The highest BCUT2D eigenvalue weighted by molar-refractivity contribution is 7.90. The predicted molar refractivity (Wildman–Crippen MR) is 135 cm³/mol. The second kappa shape index (κ2) is 10.1. The van der Waals surface area contributed by atoms with E-state index >= 15 is 0 Å². The van der Waals surface area contributed by atoms with Crippen molar-refractivity contribution in [2.24, 2.45) is 0 Å². The van der Waals surface area contributed by atoms with E-state index in [9.17, 15) is 18.0 Å². The standard InChI is InChI=1S/C26H28N2O5S/c1-6-8-9-22(7-2)33-26(30)27-17-18(3)28(19(4)29)24-15-12-21(16-25(24)27)20-10-13-23(14-11-20)34(5,31)32/h6-16,18H,2,17H2,1,3-5H3/b8-6+,22-9+. The Kier molecular flexibility index (Phi) is 7.41. The molecule has 3 rings (SSSR count). The number of nitrogens with zero attached hydrogens (tertiary/aromatic N) is 2. The largest absolute Gasteiger partial charge is 0.419 e. The van der Waals surface area contributed by atoms with Crippen LogP contribution in [0.2, 0.25) is 0 Å². The molecule has 1 atom stereocenters. The van der Waals surface area contributed by atoms with Gasteiger partial charge in [0.15, 0.2) is 9.84 Å². The number of hydrogen-bond donors (Lipinski definition) is 0. The predicted octanol–water partition coefficient (Wildman–Crippen LogP) is 5.10. The zero-order valence-electron chi connectivity index (χ0n) is 19.7. The molecule has 2 aromatic carbocycles. The second-order valence-corrected chi connectivity index (χ2v) is 10.0. The van der Waals surface area contributed by atoms with E-state index in [4.69, 9.17) is 4.74 Å². The highest BCUT2D eigenvalue weighted by Gasteiger charge is 2.34. The van der Waals surface area contributed by atoms with Crippen molar-refractivity contribution in [3.8, 4) is 11.1 Å². The summed E-state index contributed by atoms with van der Waals surface area (Å²) in [5.74, 6) is 0.172. The van der Waals surface area contributed by atoms with Gasteiger partial charge in [-0.2, -0.15) is 0 Å². The van der Waals surface area contributed by atoms with Crippen molar-refractivity contribution in [2.75, 3.05) is 22.6 Å². The molecule has 8 heteroatoms. The molecule has 1 unspecified atom stereocenters. The summed E-state index contributed by atoms with van der Waals surface area (Å²) in [5.41, 5.74) is 2.66. The van der Waals surface area contributed by atoms with Crippen LogP contribution < -0.4 is 9.80 Å². The first-order valence-corrected chi connectivity index (χ1v) is 12.6. The van der Waals surface area contributed by atoms with Crippen LogP contribution >= 0.6 is 0 Å². The number of allylic oxidation sites excluding steroid dienone is 4. The van der Waals surface area contributed by atoms with Gasteiger partial charge >= 0.3 is 6.09 Å². The molecule has 0 radical (unpaired) electrons. The number of hydrogen-bond acceptors (Lipinski definition) is 5. The summed E-state index contributed by atoms with van der Waals surface area (Å²) in [6.45, 7) is 9.14. The first-order chi connectivity index (χ1) is 16.1. The monoisotopic (exact) mass is 480 g/mol. The number of amides is 2. The van der Waals surface area contributed by atoms with Crippen molar-refractivity contribution in [3.05, 3.63) is 79.1 Å². The summed E-state index contributed by atoms with van der Waals surface area (Å²) in [7, 11) is -3.31. The van der Waals surface area contributed by atoms with Gasteiger partial charge in [-0.3, -0.25) is 9.69 Å². The van der Waals surface area contributed by atoms with Crippen LogP contribution in [-0.4, -0.2) is 39.3 Å². The number of carbonyl (C=O) groups is 2. The maximum absolute atomic E-state index is 13.1. The summed E-state index contributed by atoms with van der Waals surface area (Å²) in [6.07, 6.45) is 7.21. The van der Waals surface area contributed by atoms with Gasteiger partial charge in [-0.1, -0.05) is 36.9 Å². The molecule has 178 valence electrons. The Morgan fingerprint density at radius 3 is 2.29 bits per heavy atom. The molecule has 0 bridgehead atoms. The Morgan fingerprint density at radius 2 is 1.74 bits per heavy atom. The lowest BCUT2D eigenvalue weighted by Gasteiger charge is -2.40. The fourth-order valence-corrected chi connectivity index (χ4v) is 4.47. The molecule has 34 heavy (non-hydrogen) atoms. The van der Waals surface area contributed by atoms with Crippen molar-refractivity contribution in [1.29, 1.82) is 0 Å². The molecule has 1 heterocycles. The number of fused-ring (bicyclic) bond motifs is 1. The summed E-state index contributed by atoms with van der Waals surface area (Å²) < 4.78 is 29.1. The lowest BCUT2D eigenvalue weighted by molar-refractivity contribution is -0.117. The molecule has 1 aliphatic rings. The van der Waals surface area contributed by atoms with Gasteiger partial charge in [-0.05, 0) is 61.4 Å². The summed E-state index contributed by atoms with van der Waals surface area (Å²) in [5, 5.41) is 0. The summed E-state index contributed by atoms with van der Waals surface area (Å²) >= 11 is 0. The topological polar surface area (TPSA) is 84.0 Å². The highest BCUT2D eigenvalue weighted by Crippen LogP contribution is 2.39. The Hall–Kier alpha value is -3.65.